The summed E-state index contributed by atoms with van der Waals surface area (Å²) in [6.45, 7) is 3.36. The molecule has 1 aliphatic heterocycles. The van der Waals surface area contributed by atoms with Crippen LogP contribution in [0.15, 0.2) is 36.7 Å². The summed E-state index contributed by atoms with van der Waals surface area (Å²) >= 11 is 0. The minimum atomic E-state index is 0.261. The second-order valence-corrected chi connectivity index (χ2v) is 4.57. The van der Waals surface area contributed by atoms with Crippen LogP contribution in [0.25, 0.3) is 0 Å². The van der Waals surface area contributed by atoms with Gasteiger partial charge in [0.25, 0.3) is 0 Å². The minimum Gasteiger partial charge on any atom is -0.329 e. The highest BCUT2D eigenvalue weighted by molar-refractivity contribution is 5.19. The highest BCUT2D eigenvalue weighted by Crippen LogP contribution is 2.23. The second kappa shape index (κ2) is 4.88. The van der Waals surface area contributed by atoms with Crippen LogP contribution < -0.4 is 5.73 Å². The molecule has 1 unspecified atom stereocenters. The molecular weight excluding hydrogens is 226 g/mol. The first-order chi connectivity index (χ1) is 8.88. The van der Waals surface area contributed by atoms with Crippen molar-refractivity contribution in [3.8, 4) is 0 Å². The van der Waals surface area contributed by atoms with Gasteiger partial charge in [-0.15, -0.1) is 10.2 Å². The van der Waals surface area contributed by atoms with Gasteiger partial charge < -0.3 is 10.3 Å². The van der Waals surface area contributed by atoms with Crippen molar-refractivity contribution in [3.05, 3.63) is 48.0 Å². The van der Waals surface area contributed by atoms with E-state index >= 15 is 0 Å². The van der Waals surface area contributed by atoms with Crippen molar-refractivity contribution >= 4 is 0 Å². The smallest absolute Gasteiger partial charge is 0.147 e. The molecule has 3 rings (SSSR count). The summed E-state index contributed by atoms with van der Waals surface area (Å²) in [4.78, 5) is 2.37. The molecular formula is C13H17N5. The number of rotatable bonds is 3. The van der Waals surface area contributed by atoms with Crippen molar-refractivity contribution in [2.75, 3.05) is 13.1 Å². The average Bonchev–Trinajstić information content (AvgIpc) is 2.88. The van der Waals surface area contributed by atoms with Gasteiger partial charge in [-0.3, -0.25) is 4.90 Å². The Morgan fingerprint density at radius 3 is 2.83 bits per heavy atom. The summed E-state index contributed by atoms with van der Waals surface area (Å²) in [5.41, 5.74) is 7.22. The largest absolute Gasteiger partial charge is 0.329 e. The van der Waals surface area contributed by atoms with Gasteiger partial charge in [-0.25, -0.2) is 0 Å². The first-order valence-electron chi connectivity index (χ1n) is 6.24. The zero-order chi connectivity index (χ0) is 12.4. The highest BCUT2D eigenvalue weighted by atomic mass is 15.3. The van der Waals surface area contributed by atoms with Gasteiger partial charge >= 0.3 is 0 Å². The lowest BCUT2D eigenvalue weighted by Crippen LogP contribution is -2.39. The third-order valence-electron chi connectivity index (χ3n) is 3.52. The standard InChI is InChI=1S/C13H17N5/c14-8-12(11-4-2-1-3-5-11)17-6-7-18-10-15-16-13(18)9-17/h1-5,10,12H,6-9,14H2. The Labute approximate surface area is 106 Å². The molecule has 5 heteroatoms. The SMILES string of the molecule is NCC(c1ccccc1)N1CCn2cnnc2C1. The molecule has 2 N–H and O–H groups in total. The Hall–Kier alpha value is -1.72. The van der Waals surface area contributed by atoms with Crippen LogP contribution in [0, 0.1) is 0 Å². The average molecular weight is 243 g/mol. The molecule has 0 saturated carbocycles. The first kappa shape index (κ1) is 11.4. The van der Waals surface area contributed by atoms with Gasteiger partial charge in [0.05, 0.1) is 6.54 Å². The van der Waals surface area contributed by atoms with E-state index in [1.54, 1.807) is 6.33 Å². The summed E-state index contributed by atoms with van der Waals surface area (Å²) in [5, 5.41) is 8.10. The van der Waals surface area contributed by atoms with Crippen LogP contribution in [0.2, 0.25) is 0 Å². The van der Waals surface area contributed by atoms with Crippen molar-refractivity contribution in [1.29, 1.82) is 0 Å². The molecule has 1 aromatic heterocycles. The Bertz CT molecular complexity index is 507. The van der Waals surface area contributed by atoms with Gasteiger partial charge in [0.1, 0.15) is 12.2 Å². The van der Waals surface area contributed by atoms with E-state index in [0.717, 1.165) is 25.5 Å². The maximum atomic E-state index is 5.95. The van der Waals surface area contributed by atoms with E-state index in [1.165, 1.54) is 5.56 Å². The number of nitrogens with two attached hydrogens (primary N) is 1. The van der Waals surface area contributed by atoms with Crippen LogP contribution in [-0.4, -0.2) is 32.8 Å². The van der Waals surface area contributed by atoms with E-state index in [4.69, 9.17) is 5.73 Å². The van der Waals surface area contributed by atoms with Crippen LogP contribution >= 0.6 is 0 Å². The molecule has 0 bridgehead atoms. The number of benzene rings is 1. The maximum absolute atomic E-state index is 5.95. The fourth-order valence-electron chi connectivity index (χ4n) is 2.52. The summed E-state index contributed by atoms with van der Waals surface area (Å²) in [7, 11) is 0. The topological polar surface area (TPSA) is 60.0 Å². The van der Waals surface area contributed by atoms with Crippen molar-refractivity contribution in [2.24, 2.45) is 5.73 Å². The molecule has 1 aromatic carbocycles. The molecule has 18 heavy (non-hydrogen) atoms. The predicted octanol–water partition coefficient (Wildman–Crippen LogP) is 0.794. The van der Waals surface area contributed by atoms with E-state index in [0.29, 0.717) is 6.54 Å². The van der Waals surface area contributed by atoms with Gasteiger partial charge in [0.2, 0.25) is 0 Å². The summed E-state index contributed by atoms with van der Waals surface area (Å²) in [6.07, 6.45) is 1.80. The molecule has 0 spiro atoms. The van der Waals surface area contributed by atoms with Crippen molar-refractivity contribution in [1.82, 2.24) is 19.7 Å². The van der Waals surface area contributed by atoms with Gasteiger partial charge in [-0.2, -0.15) is 0 Å². The Morgan fingerprint density at radius 2 is 2.06 bits per heavy atom. The number of hydrogen-bond acceptors (Lipinski definition) is 4. The van der Waals surface area contributed by atoms with E-state index in [1.807, 2.05) is 6.07 Å². The molecule has 5 nitrogen and oxygen atoms in total. The molecule has 94 valence electrons. The molecule has 0 amide bonds. The summed E-state index contributed by atoms with van der Waals surface area (Å²) < 4.78 is 2.11. The van der Waals surface area contributed by atoms with Crippen LogP contribution in [0.5, 0.6) is 0 Å². The molecule has 0 aliphatic carbocycles. The van der Waals surface area contributed by atoms with Gasteiger partial charge in [0.15, 0.2) is 0 Å². The minimum absolute atomic E-state index is 0.261. The number of nitrogens with zero attached hydrogens (tertiary/aromatic N) is 4. The monoisotopic (exact) mass is 243 g/mol. The van der Waals surface area contributed by atoms with E-state index in [2.05, 4.69) is 43.9 Å². The zero-order valence-corrected chi connectivity index (χ0v) is 10.2. The number of hydrogen-bond donors (Lipinski definition) is 1. The molecule has 2 heterocycles. The lowest BCUT2D eigenvalue weighted by atomic mass is 10.0. The third kappa shape index (κ3) is 2.02. The highest BCUT2D eigenvalue weighted by Gasteiger charge is 2.24. The second-order valence-electron chi connectivity index (χ2n) is 4.57. The Balaban J connectivity index is 1.82. The van der Waals surface area contributed by atoms with Crippen LogP contribution in [-0.2, 0) is 13.1 Å². The van der Waals surface area contributed by atoms with Crippen molar-refractivity contribution in [3.63, 3.8) is 0 Å². The van der Waals surface area contributed by atoms with E-state index in [9.17, 15) is 0 Å². The van der Waals surface area contributed by atoms with Crippen LogP contribution in [0.4, 0.5) is 0 Å². The van der Waals surface area contributed by atoms with Crippen molar-refractivity contribution < 1.29 is 0 Å². The van der Waals surface area contributed by atoms with E-state index < -0.39 is 0 Å². The Morgan fingerprint density at radius 1 is 1.22 bits per heavy atom. The summed E-state index contributed by atoms with van der Waals surface area (Å²) in [5.74, 6) is 1.02. The predicted molar refractivity (Wildman–Crippen MR) is 68.7 cm³/mol. The summed E-state index contributed by atoms with van der Waals surface area (Å²) in [6, 6.07) is 10.7. The van der Waals surface area contributed by atoms with Crippen LogP contribution in [0.3, 0.4) is 0 Å². The number of fused-ring (bicyclic) bond motifs is 1. The lowest BCUT2D eigenvalue weighted by Gasteiger charge is -2.34. The molecule has 2 aromatic rings. The maximum Gasteiger partial charge on any atom is 0.147 e. The quantitative estimate of drug-likeness (QED) is 0.866. The van der Waals surface area contributed by atoms with Gasteiger partial charge in [-0.1, -0.05) is 30.3 Å². The fourth-order valence-corrected chi connectivity index (χ4v) is 2.52. The lowest BCUT2D eigenvalue weighted by molar-refractivity contribution is 0.156. The molecule has 1 aliphatic rings. The first-order valence-corrected chi connectivity index (χ1v) is 6.24. The molecule has 0 fully saturated rings. The van der Waals surface area contributed by atoms with Crippen molar-refractivity contribution in [2.45, 2.75) is 19.1 Å². The van der Waals surface area contributed by atoms with Gasteiger partial charge in [0, 0.05) is 25.7 Å². The molecule has 1 atom stereocenters. The van der Waals surface area contributed by atoms with Gasteiger partial charge in [-0.05, 0) is 5.56 Å². The van der Waals surface area contributed by atoms with Crippen LogP contribution in [0.1, 0.15) is 17.4 Å². The van der Waals surface area contributed by atoms with E-state index in [-0.39, 0.29) is 6.04 Å². The molecule has 0 radical (unpaired) electrons. The fraction of sp³-hybridized carbons (Fsp3) is 0.385. The normalized spacial score (nSPS) is 17.4. The molecule has 0 saturated heterocycles. The third-order valence-corrected chi connectivity index (χ3v) is 3.52. The Kier molecular flexibility index (Phi) is 3.08. The zero-order valence-electron chi connectivity index (χ0n) is 10.2. The number of aromatic nitrogens is 3.